The smallest absolute Gasteiger partial charge is 0.266 e. The molecule has 0 radical (unpaired) electrons. The van der Waals surface area contributed by atoms with Crippen LogP contribution in [0.4, 0.5) is 8.78 Å². The van der Waals surface area contributed by atoms with Crippen molar-refractivity contribution in [3.8, 4) is 0 Å². The first-order valence-electron chi connectivity index (χ1n) is 7.34. The average Bonchev–Trinajstić information content (AvgIpc) is 3.21. The predicted octanol–water partition coefficient (Wildman–Crippen LogP) is 2.27. The second-order valence-electron chi connectivity index (χ2n) is 5.47. The third-order valence-corrected chi connectivity index (χ3v) is 6.39. The Balaban J connectivity index is 1.86. The molecule has 1 N–H and O–H groups in total. The second kappa shape index (κ2) is 5.95. The lowest BCUT2D eigenvalue weighted by Crippen LogP contribution is -2.10. The molecule has 0 aliphatic carbocycles. The Hall–Kier alpha value is -2.66. The standard InChI is InChI=1S/C15H10F2N4O3S2/c16-11(17)7-8-1-3-9(4-2-8)26(23,24)15-13-18-14(22)12-10(5-6-25-12)21(13)20-19-15/h1-6,11,20H,7H2. The zero-order valence-electron chi connectivity index (χ0n) is 12.9. The Kier molecular flexibility index (Phi) is 3.84. The van der Waals surface area contributed by atoms with Crippen LogP contribution in [0.25, 0.3) is 15.9 Å². The van der Waals surface area contributed by atoms with E-state index >= 15 is 0 Å². The molecule has 11 heteroatoms. The van der Waals surface area contributed by atoms with Crippen LogP contribution in [0.2, 0.25) is 0 Å². The molecule has 0 fully saturated rings. The highest BCUT2D eigenvalue weighted by molar-refractivity contribution is 7.91. The predicted molar refractivity (Wildman–Crippen MR) is 90.6 cm³/mol. The number of sulfone groups is 1. The number of halogens is 2. The van der Waals surface area contributed by atoms with Gasteiger partial charge in [-0.15, -0.1) is 16.4 Å². The summed E-state index contributed by atoms with van der Waals surface area (Å²) in [5.41, 5.74) is 0.143. The van der Waals surface area contributed by atoms with Gasteiger partial charge in [-0.1, -0.05) is 12.1 Å². The number of aromatic nitrogens is 4. The summed E-state index contributed by atoms with van der Waals surface area (Å²) in [7, 11) is -4.08. The zero-order valence-corrected chi connectivity index (χ0v) is 14.5. The maximum Gasteiger partial charge on any atom is 0.291 e. The Morgan fingerprint density at radius 3 is 2.62 bits per heavy atom. The minimum atomic E-state index is -4.08. The molecule has 134 valence electrons. The lowest BCUT2D eigenvalue weighted by molar-refractivity contribution is 0.149. The van der Waals surface area contributed by atoms with Crippen LogP contribution in [0.15, 0.2) is 50.4 Å². The number of hydrogen-bond donors (Lipinski definition) is 1. The van der Waals surface area contributed by atoms with Gasteiger partial charge in [0.05, 0.1) is 10.4 Å². The number of thiophene rings is 1. The Morgan fingerprint density at radius 2 is 1.92 bits per heavy atom. The highest BCUT2D eigenvalue weighted by Gasteiger charge is 2.26. The lowest BCUT2D eigenvalue weighted by atomic mass is 10.2. The summed E-state index contributed by atoms with van der Waals surface area (Å²) >= 11 is 1.19. The first-order chi connectivity index (χ1) is 12.4. The lowest BCUT2D eigenvalue weighted by Gasteiger charge is -2.04. The number of rotatable bonds is 4. The number of nitrogens with one attached hydrogen (secondary N) is 1. The Bertz CT molecular complexity index is 1270. The van der Waals surface area contributed by atoms with Gasteiger partial charge in [0.25, 0.3) is 5.56 Å². The summed E-state index contributed by atoms with van der Waals surface area (Å²) in [5.74, 6) is 0. The molecule has 3 aromatic heterocycles. The molecule has 0 aliphatic rings. The number of alkyl halides is 2. The largest absolute Gasteiger partial charge is 0.291 e. The van der Waals surface area contributed by atoms with Crippen LogP contribution < -0.4 is 5.56 Å². The summed E-state index contributed by atoms with van der Waals surface area (Å²) in [6.07, 6.45) is -2.98. The van der Waals surface area contributed by atoms with Crippen LogP contribution in [0, 0.1) is 0 Å². The van der Waals surface area contributed by atoms with Gasteiger partial charge in [0.15, 0.2) is 5.65 Å². The van der Waals surface area contributed by atoms with E-state index in [-0.39, 0.29) is 10.5 Å². The van der Waals surface area contributed by atoms with E-state index < -0.39 is 33.3 Å². The van der Waals surface area contributed by atoms with Crippen molar-refractivity contribution in [1.82, 2.24) is 19.8 Å². The quantitative estimate of drug-likeness (QED) is 0.571. The van der Waals surface area contributed by atoms with Gasteiger partial charge < -0.3 is 0 Å². The van der Waals surface area contributed by atoms with Gasteiger partial charge >= 0.3 is 0 Å². The molecule has 3 heterocycles. The highest BCUT2D eigenvalue weighted by Crippen LogP contribution is 2.25. The third kappa shape index (κ3) is 2.59. The van der Waals surface area contributed by atoms with E-state index in [0.717, 1.165) is 0 Å². The van der Waals surface area contributed by atoms with Crippen molar-refractivity contribution in [2.75, 3.05) is 0 Å². The number of benzene rings is 1. The van der Waals surface area contributed by atoms with Crippen LogP contribution in [0.5, 0.6) is 0 Å². The number of H-pyrrole nitrogens is 1. The molecule has 1 aromatic carbocycles. The molecule has 0 saturated carbocycles. The molecule has 0 atom stereocenters. The molecule has 0 unspecified atom stereocenters. The van der Waals surface area contributed by atoms with Gasteiger partial charge in [0.1, 0.15) is 4.70 Å². The molecule has 7 nitrogen and oxygen atoms in total. The third-order valence-electron chi connectivity index (χ3n) is 3.82. The van der Waals surface area contributed by atoms with E-state index in [1.165, 1.54) is 40.1 Å². The number of aromatic amines is 1. The van der Waals surface area contributed by atoms with Crippen LogP contribution in [0.1, 0.15) is 5.56 Å². The summed E-state index contributed by atoms with van der Waals surface area (Å²) in [4.78, 5) is 15.8. The molecule has 0 spiro atoms. The van der Waals surface area contributed by atoms with Crippen molar-refractivity contribution in [2.24, 2.45) is 0 Å². The normalized spacial score (nSPS) is 12.4. The van der Waals surface area contributed by atoms with Gasteiger partial charge in [0.2, 0.25) is 21.3 Å². The molecule has 4 aromatic rings. The minimum absolute atomic E-state index is 0.113. The van der Waals surface area contributed by atoms with Crippen molar-refractivity contribution in [3.05, 3.63) is 51.6 Å². The number of fused-ring (bicyclic) bond motifs is 3. The molecule has 0 amide bonds. The molecule has 4 rings (SSSR count). The van der Waals surface area contributed by atoms with Crippen molar-refractivity contribution >= 4 is 37.0 Å². The molecule has 0 bridgehead atoms. The van der Waals surface area contributed by atoms with E-state index in [2.05, 4.69) is 15.3 Å². The van der Waals surface area contributed by atoms with Gasteiger partial charge in [0, 0.05) is 6.42 Å². The van der Waals surface area contributed by atoms with Gasteiger partial charge in [-0.2, -0.15) is 4.98 Å². The Labute approximate surface area is 148 Å². The first kappa shape index (κ1) is 16.8. The fourth-order valence-corrected chi connectivity index (χ4v) is 4.63. The van der Waals surface area contributed by atoms with Crippen molar-refractivity contribution in [2.45, 2.75) is 22.8 Å². The van der Waals surface area contributed by atoms with Crippen LogP contribution >= 0.6 is 11.3 Å². The van der Waals surface area contributed by atoms with Gasteiger partial charge in [-0.25, -0.2) is 26.9 Å². The summed E-state index contributed by atoms with van der Waals surface area (Å²) in [6, 6.07) is 6.78. The topological polar surface area (TPSA) is 97.2 Å². The monoisotopic (exact) mass is 396 g/mol. The van der Waals surface area contributed by atoms with E-state index in [1.807, 2.05) is 0 Å². The maximum absolute atomic E-state index is 12.8. The van der Waals surface area contributed by atoms with Crippen LogP contribution in [0.3, 0.4) is 0 Å². The molecular formula is C15H10F2N4O3S2. The Morgan fingerprint density at radius 1 is 1.19 bits per heavy atom. The maximum atomic E-state index is 12.8. The summed E-state index contributed by atoms with van der Waals surface area (Å²) in [6.45, 7) is 0. The zero-order chi connectivity index (χ0) is 18.5. The van der Waals surface area contributed by atoms with E-state index in [1.54, 1.807) is 11.4 Å². The molecule has 26 heavy (non-hydrogen) atoms. The number of hydrogen-bond acceptors (Lipinski definition) is 6. The van der Waals surface area contributed by atoms with E-state index in [4.69, 9.17) is 0 Å². The van der Waals surface area contributed by atoms with Crippen molar-refractivity contribution in [3.63, 3.8) is 0 Å². The van der Waals surface area contributed by atoms with E-state index in [0.29, 0.717) is 15.8 Å². The average molecular weight is 396 g/mol. The SMILES string of the molecule is O=c1nc2c(S(=O)(=O)c3ccc(CC(F)F)cc3)n[nH]n2c2ccsc12. The second-order valence-corrected chi connectivity index (χ2v) is 8.25. The van der Waals surface area contributed by atoms with Crippen LogP contribution in [-0.2, 0) is 16.3 Å². The van der Waals surface area contributed by atoms with E-state index in [9.17, 15) is 22.0 Å². The van der Waals surface area contributed by atoms with Gasteiger partial charge in [-0.3, -0.25) is 4.79 Å². The van der Waals surface area contributed by atoms with Gasteiger partial charge in [-0.05, 0) is 29.1 Å². The first-order valence-corrected chi connectivity index (χ1v) is 9.71. The van der Waals surface area contributed by atoms with Crippen molar-refractivity contribution < 1.29 is 17.2 Å². The molecular weight excluding hydrogens is 386 g/mol. The minimum Gasteiger partial charge on any atom is -0.266 e. The summed E-state index contributed by atoms with van der Waals surface area (Å²) in [5, 5.41) is 7.66. The van der Waals surface area contributed by atoms with Crippen molar-refractivity contribution in [1.29, 1.82) is 0 Å². The molecule has 0 aliphatic heterocycles. The fraction of sp³-hybridized carbons (Fsp3) is 0.133. The summed E-state index contributed by atoms with van der Waals surface area (Å²) < 4.78 is 52.2. The van der Waals surface area contributed by atoms with Crippen LogP contribution in [-0.4, -0.2) is 34.7 Å². The highest BCUT2D eigenvalue weighted by atomic mass is 32.2. The fourth-order valence-electron chi connectivity index (χ4n) is 2.61. The molecule has 0 saturated heterocycles. The number of nitrogens with zero attached hydrogens (tertiary/aromatic N) is 3.